The molecule has 8 heteroatoms. The molecule has 1 atom stereocenters. The molecule has 0 heterocycles. The van der Waals surface area contributed by atoms with Crippen molar-refractivity contribution in [2.24, 2.45) is 5.92 Å². The summed E-state index contributed by atoms with van der Waals surface area (Å²) in [5, 5.41) is 17.4. The van der Waals surface area contributed by atoms with E-state index in [0.29, 0.717) is 12.8 Å². The third-order valence-electron chi connectivity index (χ3n) is 2.04. The normalized spacial score (nSPS) is 13.7. The standard InChI is InChI=1S/C7H17NO5S.Na.H/c1-6(8-14(11,12)13)7(2-4-9)3-5-10;;/h6-10H,2-5H2,1H3,(H,11,12,13);;. The number of hydrogen-bond acceptors (Lipinski definition) is 4. The number of nitrogens with one attached hydrogen (secondary N) is 1. The average Bonchev–Trinajstić information content (AvgIpc) is 2.01. The molecule has 0 fully saturated rings. The number of aliphatic hydroxyl groups is 2. The van der Waals surface area contributed by atoms with Crippen LogP contribution in [0.4, 0.5) is 0 Å². The molecule has 88 valence electrons. The zero-order valence-electron chi connectivity index (χ0n) is 8.05. The van der Waals surface area contributed by atoms with Gasteiger partial charge in [-0.2, -0.15) is 13.1 Å². The molecule has 0 aromatic heterocycles. The summed E-state index contributed by atoms with van der Waals surface area (Å²) in [5.74, 6) is -0.188. The van der Waals surface area contributed by atoms with E-state index in [2.05, 4.69) is 0 Å². The Morgan fingerprint density at radius 3 is 1.87 bits per heavy atom. The van der Waals surface area contributed by atoms with Gasteiger partial charge in [0.1, 0.15) is 0 Å². The van der Waals surface area contributed by atoms with E-state index in [1.165, 1.54) is 0 Å². The van der Waals surface area contributed by atoms with Gasteiger partial charge in [-0.05, 0) is 25.7 Å². The van der Waals surface area contributed by atoms with Gasteiger partial charge in [0.05, 0.1) is 0 Å². The first kappa shape index (κ1) is 18.2. The Hall–Kier alpha value is 0.790. The fourth-order valence-corrected chi connectivity index (χ4v) is 1.97. The van der Waals surface area contributed by atoms with Gasteiger partial charge >= 0.3 is 39.9 Å². The summed E-state index contributed by atoms with van der Waals surface area (Å²) in [5.41, 5.74) is 0. The van der Waals surface area contributed by atoms with Crippen LogP contribution in [0.1, 0.15) is 19.8 Å². The summed E-state index contributed by atoms with van der Waals surface area (Å²) < 4.78 is 31.5. The van der Waals surface area contributed by atoms with Crippen LogP contribution in [-0.4, -0.2) is 72.0 Å². The Morgan fingerprint density at radius 1 is 1.20 bits per heavy atom. The molecule has 1 unspecified atom stereocenters. The number of rotatable bonds is 7. The average molecular weight is 251 g/mol. The van der Waals surface area contributed by atoms with Crippen molar-refractivity contribution in [1.29, 1.82) is 0 Å². The molecule has 6 nitrogen and oxygen atoms in total. The van der Waals surface area contributed by atoms with Gasteiger partial charge in [-0.25, -0.2) is 0 Å². The van der Waals surface area contributed by atoms with E-state index in [9.17, 15) is 8.42 Å². The molecule has 4 N–H and O–H groups in total. The Balaban J connectivity index is 0. The van der Waals surface area contributed by atoms with Crippen molar-refractivity contribution in [2.45, 2.75) is 25.8 Å². The van der Waals surface area contributed by atoms with Crippen LogP contribution in [-0.2, 0) is 10.3 Å². The van der Waals surface area contributed by atoms with E-state index in [0.717, 1.165) is 0 Å². The molecule has 0 aromatic rings. The van der Waals surface area contributed by atoms with Crippen LogP contribution in [0.2, 0.25) is 0 Å². The fraction of sp³-hybridized carbons (Fsp3) is 1.00. The minimum absolute atomic E-state index is 0. The van der Waals surface area contributed by atoms with Crippen molar-refractivity contribution >= 4 is 39.9 Å². The third kappa shape index (κ3) is 9.70. The summed E-state index contributed by atoms with van der Waals surface area (Å²) in [7, 11) is -4.22. The topological polar surface area (TPSA) is 107 Å². The van der Waals surface area contributed by atoms with Crippen LogP contribution in [0.3, 0.4) is 0 Å². The summed E-state index contributed by atoms with van der Waals surface area (Å²) in [6, 6.07) is -0.510. The van der Waals surface area contributed by atoms with Gasteiger partial charge in [-0.1, -0.05) is 0 Å². The molecule has 0 aliphatic carbocycles. The van der Waals surface area contributed by atoms with Crippen LogP contribution in [0.15, 0.2) is 0 Å². The van der Waals surface area contributed by atoms with E-state index in [4.69, 9.17) is 14.8 Å². The van der Waals surface area contributed by atoms with E-state index in [1.54, 1.807) is 6.92 Å². The van der Waals surface area contributed by atoms with Crippen molar-refractivity contribution in [3.05, 3.63) is 0 Å². The minimum atomic E-state index is -4.22. The first-order chi connectivity index (χ1) is 6.40. The summed E-state index contributed by atoms with van der Waals surface area (Å²) in [6.07, 6.45) is 0.758. The first-order valence-corrected chi connectivity index (χ1v) is 5.81. The van der Waals surface area contributed by atoms with E-state index < -0.39 is 16.3 Å². The molecule has 0 saturated heterocycles. The molecule has 15 heavy (non-hydrogen) atoms. The molecule has 0 radical (unpaired) electrons. The van der Waals surface area contributed by atoms with Crippen LogP contribution < -0.4 is 4.72 Å². The second-order valence-corrected chi connectivity index (χ2v) is 4.35. The predicted octanol–water partition coefficient (Wildman–Crippen LogP) is -1.50. The summed E-state index contributed by atoms with van der Waals surface area (Å²) in [6.45, 7) is 1.41. The van der Waals surface area contributed by atoms with E-state index in [-0.39, 0.29) is 48.7 Å². The quantitative estimate of drug-likeness (QED) is 0.325. The van der Waals surface area contributed by atoms with Crippen LogP contribution in [0.25, 0.3) is 0 Å². The van der Waals surface area contributed by atoms with E-state index >= 15 is 0 Å². The third-order valence-corrected chi connectivity index (χ3v) is 2.71. The Morgan fingerprint density at radius 2 is 1.60 bits per heavy atom. The van der Waals surface area contributed by atoms with Crippen molar-refractivity contribution in [3.8, 4) is 0 Å². The van der Waals surface area contributed by atoms with Crippen LogP contribution in [0.5, 0.6) is 0 Å². The van der Waals surface area contributed by atoms with Crippen molar-refractivity contribution in [3.63, 3.8) is 0 Å². The number of aliphatic hydroxyl groups excluding tert-OH is 2. The molecule has 0 aromatic carbocycles. The second-order valence-electron chi connectivity index (χ2n) is 3.17. The summed E-state index contributed by atoms with van der Waals surface area (Å²) >= 11 is 0. The molecule has 0 aliphatic heterocycles. The molecule has 0 saturated carbocycles. The number of hydrogen-bond donors (Lipinski definition) is 4. The molecule has 0 amide bonds. The van der Waals surface area contributed by atoms with Crippen molar-refractivity contribution < 1.29 is 23.2 Å². The second kappa shape index (κ2) is 8.89. The summed E-state index contributed by atoms with van der Waals surface area (Å²) in [4.78, 5) is 0. The maximum absolute atomic E-state index is 10.5. The monoisotopic (exact) mass is 251 g/mol. The van der Waals surface area contributed by atoms with Gasteiger partial charge in [0.25, 0.3) is 0 Å². The Labute approximate surface area is 112 Å². The van der Waals surface area contributed by atoms with Gasteiger partial charge in [0, 0.05) is 19.3 Å². The van der Waals surface area contributed by atoms with Crippen LogP contribution >= 0.6 is 0 Å². The molecule has 0 rings (SSSR count). The van der Waals surface area contributed by atoms with Gasteiger partial charge in [0.2, 0.25) is 0 Å². The van der Waals surface area contributed by atoms with Gasteiger partial charge < -0.3 is 10.2 Å². The van der Waals surface area contributed by atoms with Crippen molar-refractivity contribution in [2.75, 3.05) is 13.2 Å². The molecule has 0 aliphatic rings. The van der Waals surface area contributed by atoms with Gasteiger partial charge in [-0.15, -0.1) is 0 Å². The molecule has 0 bridgehead atoms. The van der Waals surface area contributed by atoms with E-state index in [1.807, 2.05) is 4.72 Å². The predicted molar refractivity (Wildman–Crippen MR) is 58.2 cm³/mol. The first-order valence-electron chi connectivity index (χ1n) is 4.37. The van der Waals surface area contributed by atoms with Gasteiger partial charge in [0.15, 0.2) is 0 Å². The fourth-order valence-electron chi connectivity index (χ4n) is 1.31. The SMILES string of the molecule is CC(NS(=O)(=O)O)C(CCO)CCO.[NaH]. The maximum atomic E-state index is 10.5. The molecular formula is C7H18NNaO5S. The Kier molecular flexibility index (Phi) is 10.8. The molecular weight excluding hydrogens is 233 g/mol. The zero-order valence-corrected chi connectivity index (χ0v) is 8.87. The molecule has 0 spiro atoms. The van der Waals surface area contributed by atoms with Crippen LogP contribution in [0, 0.1) is 5.92 Å². The Bertz CT molecular complexity index is 240. The zero-order chi connectivity index (χ0) is 11.2. The van der Waals surface area contributed by atoms with Gasteiger partial charge in [-0.3, -0.25) is 4.55 Å². The van der Waals surface area contributed by atoms with Crippen molar-refractivity contribution in [1.82, 2.24) is 4.72 Å².